The van der Waals surface area contributed by atoms with E-state index in [1.807, 2.05) is 0 Å². The van der Waals surface area contributed by atoms with Crippen molar-refractivity contribution in [2.75, 3.05) is 5.32 Å². The number of ether oxygens (including phenoxy) is 1. The number of nitrogens with zero attached hydrogens (tertiary/aromatic N) is 1. The van der Waals surface area contributed by atoms with Gasteiger partial charge in [-0.15, -0.1) is 0 Å². The lowest BCUT2D eigenvalue weighted by atomic mass is 10.1. The molecule has 1 rings (SSSR count). The summed E-state index contributed by atoms with van der Waals surface area (Å²) in [4.78, 5) is 26.1. The molecule has 0 unspecified atom stereocenters. The summed E-state index contributed by atoms with van der Waals surface area (Å²) in [6.07, 6.45) is 1.05. The third-order valence-corrected chi connectivity index (χ3v) is 2.23. The first-order chi connectivity index (χ1) is 9.17. The lowest BCUT2D eigenvalue weighted by Gasteiger charge is -2.19. The minimum absolute atomic E-state index is 0.176. The van der Waals surface area contributed by atoms with Gasteiger partial charge in [0.05, 0.1) is 0 Å². The summed E-state index contributed by atoms with van der Waals surface area (Å²) < 4.78 is 5.08. The van der Waals surface area contributed by atoms with Gasteiger partial charge < -0.3 is 15.6 Å². The minimum atomic E-state index is -1.07. The van der Waals surface area contributed by atoms with Gasteiger partial charge >= 0.3 is 12.1 Å². The number of hydrogen-bond donors (Lipinski definition) is 3. The van der Waals surface area contributed by atoms with E-state index in [4.69, 9.17) is 15.6 Å². The van der Waals surface area contributed by atoms with Gasteiger partial charge in [0.2, 0.25) is 0 Å². The van der Waals surface area contributed by atoms with E-state index in [2.05, 4.69) is 10.3 Å². The molecule has 0 aliphatic heterocycles. The number of aromatic nitrogens is 1. The summed E-state index contributed by atoms with van der Waals surface area (Å²) in [5, 5.41) is 11.2. The van der Waals surface area contributed by atoms with Crippen molar-refractivity contribution in [3.05, 3.63) is 23.9 Å². The van der Waals surface area contributed by atoms with E-state index in [-0.39, 0.29) is 6.42 Å². The Hall–Kier alpha value is -2.15. The van der Waals surface area contributed by atoms with Crippen LogP contribution >= 0.6 is 0 Å². The highest BCUT2D eigenvalue weighted by Gasteiger charge is 2.17. The number of pyridine rings is 1. The Morgan fingerprint density at radius 2 is 2.10 bits per heavy atom. The van der Waals surface area contributed by atoms with Crippen molar-refractivity contribution >= 4 is 17.9 Å². The smallest absolute Gasteiger partial charge is 0.413 e. The molecule has 0 spiro atoms. The predicted molar refractivity (Wildman–Crippen MR) is 73.4 cm³/mol. The van der Waals surface area contributed by atoms with E-state index in [0.717, 1.165) is 0 Å². The van der Waals surface area contributed by atoms with Gasteiger partial charge in [-0.2, -0.15) is 0 Å². The Morgan fingerprint density at radius 3 is 2.55 bits per heavy atom. The number of aliphatic carboxylic acids is 1. The van der Waals surface area contributed by atoms with Crippen LogP contribution in [0.3, 0.4) is 0 Å². The molecule has 0 aliphatic rings. The molecule has 1 heterocycles. The molecular formula is C13H19N3O4. The van der Waals surface area contributed by atoms with Crippen LogP contribution < -0.4 is 11.1 Å². The molecule has 1 aromatic heterocycles. The Bertz CT molecular complexity index is 479. The van der Waals surface area contributed by atoms with Gasteiger partial charge in [0.25, 0.3) is 0 Å². The second-order valence-corrected chi connectivity index (χ2v) is 5.33. The van der Waals surface area contributed by atoms with Crippen molar-refractivity contribution in [3.63, 3.8) is 0 Å². The van der Waals surface area contributed by atoms with E-state index < -0.39 is 23.7 Å². The molecule has 0 radical (unpaired) electrons. The lowest BCUT2D eigenvalue weighted by Crippen LogP contribution is -2.32. The number of nitrogens with two attached hydrogens (primary N) is 1. The summed E-state index contributed by atoms with van der Waals surface area (Å²) in [7, 11) is 0. The summed E-state index contributed by atoms with van der Waals surface area (Å²) >= 11 is 0. The average Bonchev–Trinajstić information content (AvgIpc) is 2.28. The van der Waals surface area contributed by atoms with Crippen LogP contribution in [0.4, 0.5) is 10.6 Å². The molecule has 110 valence electrons. The van der Waals surface area contributed by atoms with Gasteiger partial charge in [0, 0.05) is 6.20 Å². The molecule has 1 aromatic rings. The molecule has 20 heavy (non-hydrogen) atoms. The van der Waals surface area contributed by atoms with Crippen LogP contribution in [0.1, 0.15) is 26.3 Å². The van der Waals surface area contributed by atoms with Crippen LogP contribution in [0.25, 0.3) is 0 Å². The zero-order chi connectivity index (χ0) is 15.3. The number of carbonyl (C=O) groups is 2. The number of rotatable bonds is 4. The van der Waals surface area contributed by atoms with Crippen LogP contribution in [-0.4, -0.2) is 33.8 Å². The monoisotopic (exact) mass is 281 g/mol. The van der Waals surface area contributed by atoms with Crippen molar-refractivity contribution < 1.29 is 19.4 Å². The van der Waals surface area contributed by atoms with Gasteiger partial charge in [0.15, 0.2) is 0 Å². The fourth-order valence-electron chi connectivity index (χ4n) is 1.37. The quantitative estimate of drug-likeness (QED) is 0.768. The highest BCUT2D eigenvalue weighted by atomic mass is 16.6. The topological polar surface area (TPSA) is 115 Å². The van der Waals surface area contributed by atoms with Crippen molar-refractivity contribution in [3.8, 4) is 0 Å². The van der Waals surface area contributed by atoms with Gasteiger partial charge in [-0.25, -0.2) is 9.78 Å². The predicted octanol–water partition coefficient (Wildman–Crippen LogP) is 1.38. The van der Waals surface area contributed by atoms with Crippen molar-refractivity contribution in [1.29, 1.82) is 0 Å². The molecule has 4 N–H and O–H groups in total. The first kappa shape index (κ1) is 15.9. The minimum Gasteiger partial charge on any atom is -0.480 e. The number of carboxylic acid groups (broad SMARTS) is 1. The van der Waals surface area contributed by atoms with Gasteiger partial charge in [0.1, 0.15) is 17.5 Å². The van der Waals surface area contributed by atoms with Crippen LogP contribution in [0.15, 0.2) is 18.3 Å². The normalized spacial score (nSPS) is 12.6. The fraction of sp³-hybridized carbons (Fsp3) is 0.462. The van der Waals surface area contributed by atoms with Gasteiger partial charge in [-0.1, -0.05) is 6.07 Å². The van der Waals surface area contributed by atoms with Crippen molar-refractivity contribution in [1.82, 2.24) is 4.98 Å². The molecule has 1 amide bonds. The maximum atomic E-state index is 11.5. The Labute approximate surface area is 117 Å². The molecule has 7 nitrogen and oxygen atoms in total. The molecule has 0 fully saturated rings. The SMILES string of the molecule is CC(C)(C)OC(=O)Nc1ccc(C[C@H](N)C(=O)O)cn1. The third-order valence-electron chi connectivity index (χ3n) is 2.23. The first-order valence-corrected chi connectivity index (χ1v) is 6.11. The zero-order valence-corrected chi connectivity index (χ0v) is 11.7. The number of nitrogens with one attached hydrogen (secondary N) is 1. The number of carboxylic acids is 1. The molecule has 0 aromatic carbocycles. The third kappa shape index (κ3) is 5.66. The highest BCUT2D eigenvalue weighted by molar-refractivity contribution is 5.83. The standard InChI is InChI=1S/C13H19N3O4/c1-13(2,3)20-12(19)16-10-5-4-8(7-15-10)6-9(14)11(17)18/h4-5,7,9H,6,14H2,1-3H3,(H,17,18)(H,15,16,19)/t9-/m0/s1. The molecule has 7 heteroatoms. The number of hydrogen-bond acceptors (Lipinski definition) is 5. The van der Waals surface area contributed by atoms with E-state index in [9.17, 15) is 9.59 Å². The van der Waals surface area contributed by atoms with Crippen LogP contribution in [0.5, 0.6) is 0 Å². The molecule has 0 bridgehead atoms. The fourth-order valence-corrected chi connectivity index (χ4v) is 1.37. The van der Waals surface area contributed by atoms with E-state index in [1.54, 1.807) is 32.9 Å². The highest BCUT2D eigenvalue weighted by Crippen LogP contribution is 2.11. The molecule has 0 aliphatic carbocycles. The molecule has 0 saturated heterocycles. The number of anilines is 1. The summed E-state index contributed by atoms with van der Waals surface area (Å²) in [6.45, 7) is 5.28. The molecule has 0 saturated carbocycles. The Kier molecular flexibility index (Phi) is 5.04. The number of carbonyl (C=O) groups excluding carboxylic acids is 1. The largest absolute Gasteiger partial charge is 0.480 e. The second kappa shape index (κ2) is 6.33. The van der Waals surface area contributed by atoms with Crippen LogP contribution in [0.2, 0.25) is 0 Å². The molecular weight excluding hydrogens is 262 g/mol. The van der Waals surface area contributed by atoms with Crippen molar-refractivity contribution in [2.24, 2.45) is 5.73 Å². The Morgan fingerprint density at radius 1 is 1.45 bits per heavy atom. The number of amides is 1. The van der Waals surface area contributed by atoms with Gasteiger partial charge in [-0.05, 0) is 38.8 Å². The average molecular weight is 281 g/mol. The second-order valence-electron chi connectivity index (χ2n) is 5.33. The van der Waals surface area contributed by atoms with E-state index >= 15 is 0 Å². The lowest BCUT2D eigenvalue weighted by molar-refractivity contribution is -0.138. The van der Waals surface area contributed by atoms with E-state index in [1.165, 1.54) is 6.20 Å². The maximum absolute atomic E-state index is 11.5. The maximum Gasteiger partial charge on any atom is 0.413 e. The van der Waals surface area contributed by atoms with Crippen LogP contribution in [-0.2, 0) is 16.0 Å². The van der Waals surface area contributed by atoms with Crippen LogP contribution in [0, 0.1) is 0 Å². The van der Waals surface area contributed by atoms with Gasteiger partial charge in [-0.3, -0.25) is 10.1 Å². The first-order valence-electron chi connectivity index (χ1n) is 6.11. The molecule has 1 atom stereocenters. The summed E-state index contributed by atoms with van der Waals surface area (Å²) in [5.41, 5.74) is 5.51. The summed E-state index contributed by atoms with van der Waals surface area (Å²) in [5.74, 6) is -0.743. The Balaban J connectivity index is 2.59. The summed E-state index contributed by atoms with van der Waals surface area (Å²) in [6, 6.07) is 2.25. The zero-order valence-electron chi connectivity index (χ0n) is 11.7. The van der Waals surface area contributed by atoms with Crippen molar-refractivity contribution in [2.45, 2.75) is 38.8 Å². The van der Waals surface area contributed by atoms with E-state index in [0.29, 0.717) is 11.4 Å².